The van der Waals surface area contributed by atoms with Crippen molar-refractivity contribution in [2.45, 2.75) is 35.9 Å². The Labute approximate surface area is 115 Å². The van der Waals surface area contributed by atoms with Crippen LogP contribution in [0.5, 0.6) is 0 Å². The summed E-state index contributed by atoms with van der Waals surface area (Å²) >= 11 is 13.8. The molecule has 0 amide bonds. The Kier molecular flexibility index (Phi) is 3.01. The maximum Gasteiger partial charge on any atom is 0.115 e. The van der Waals surface area contributed by atoms with Crippen molar-refractivity contribution < 1.29 is 0 Å². The molecule has 2 aliphatic rings. The summed E-state index contributed by atoms with van der Waals surface area (Å²) in [5, 5.41) is 0. The largest absolute Gasteiger partial charge is 0.115 e. The van der Waals surface area contributed by atoms with Crippen LogP contribution in [0.15, 0.2) is 47.6 Å². The van der Waals surface area contributed by atoms with Gasteiger partial charge in [-0.2, -0.15) is 0 Å². The average molecular weight is 285 g/mol. The van der Waals surface area contributed by atoms with E-state index in [1.54, 1.807) is 0 Å². The smallest absolute Gasteiger partial charge is 0.114 e. The number of halogens is 2. The predicted octanol–water partition coefficient (Wildman–Crippen LogP) is 4.76. The average Bonchev–Trinajstić information content (AvgIpc) is 2.75. The van der Waals surface area contributed by atoms with Crippen LogP contribution in [-0.4, -0.2) is 17.1 Å². The number of hydrogen-bond donors (Lipinski definition) is 0. The standard InChI is InChI=1S/C14H18Cl2Si/c1-11-7-5-9-13(11,15)17(3,4)14(16)10-6-8-12(14)2/h5-10H,1-4H3. The van der Waals surface area contributed by atoms with Gasteiger partial charge in [0.15, 0.2) is 0 Å². The van der Waals surface area contributed by atoms with Gasteiger partial charge >= 0.3 is 0 Å². The molecule has 0 aromatic carbocycles. The third-order valence-electron chi connectivity index (χ3n) is 4.31. The Balaban J connectivity index is 2.51. The highest BCUT2D eigenvalue weighted by molar-refractivity contribution is 6.97. The van der Waals surface area contributed by atoms with Gasteiger partial charge in [-0.15, -0.1) is 23.2 Å². The van der Waals surface area contributed by atoms with Crippen molar-refractivity contribution >= 4 is 31.3 Å². The fraction of sp³-hybridized carbons (Fsp3) is 0.429. The summed E-state index contributed by atoms with van der Waals surface area (Å²) in [7, 11) is -1.99. The molecule has 0 saturated heterocycles. The summed E-state index contributed by atoms with van der Waals surface area (Å²) in [6.07, 6.45) is 12.5. The quantitative estimate of drug-likeness (QED) is 0.507. The van der Waals surface area contributed by atoms with Crippen LogP contribution in [0.3, 0.4) is 0 Å². The zero-order valence-corrected chi connectivity index (χ0v) is 13.2. The van der Waals surface area contributed by atoms with E-state index >= 15 is 0 Å². The van der Waals surface area contributed by atoms with Gasteiger partial charge in [0.25, 0.3) is 0 Å². The first-order chi connectivity index (χ1) is 7.76. The molecule has 0 nitrogen and oxygen atoms in total. The molecule has 0 aliphatic heterocycles. The minimum Gasteiger partial charge on any atom is -0.114 e. The summed E-state index contributed by atoms with van der Waals surface area (Å²) in [6, 6.07) is 0. The van der Waals surface area contributed by atoms with Crippen LogP contribution in [0, 0.1) is 0 Å². The van der Waals surface area contributed by atoms with E-state index in [1.165, 1.54) is 11.1 Å². The number of alkyl halides is 2. The van der Waals surface area contributed by atoms with Crippen molar-refractivity contribution in [3.05, 3.63) is 47.6 Å². The Morgan fingerprint density at radius 3 is 1.47 bits per heavy atom. The van der Waals surface area contributed by atoms with Gasteiger partial charge in [0.1, 0.15) is 8.07 Å². The second kappa shape index (κ2) is 3.88. The highest BCUT2D eigenvalue weighted by atomic mass is 35.5. The third-order valence-corrected chi connectivity index (χ3v) is 12.8. The molecule has 3 heteroatoms. The van der Waals surface area contributed by atoms with E-state index in [1.807, 2.05) is 0 Å². The van der Waals surface area contributed by atoms with Crippen molar-refractivity contribution in [2.75, 3.05) is 0 Å². The Morgan fingerprint density at radius 2 is 1.24 bits per heavy atom. The summed E-state index contributed by atoms with van der Waals surface area (Å²) in [5.41, 5.74) is 2.42. The summed E-state index contributed by atoms with van der Waals surface area (Å²) in [5.74, 6) is 0. The zero-order valence-electron chi connectivity index (χ0n) is 10.7. The molecule has 0 radical (unpaired) electrons. The lowest BCUT2D eigenvalue weighted by Crippen LogP contribution is -2.62. The van der Waals surface area contributed by atoms with Crippen molar-refractivity contribution in [1.82, 2.24) is 0 Å². The van der Waals surface area contributed by atoms with E-state index in [0.29, 0.717) is 0 Å². The van der Waals surface area contributed by atoms with E-state index in [2.05, 4.69) is 63.4 Å². The Bertz CT molecular complexity index is 429. The van der Waals surface area contributed by atoms with Crippen LogP contribution in [0.1, 0.15) is 13.8 Å². The van der Waals surface area contributed by atoms with Gasteiger partial charge in [-0.05, 0) is 13.8 Å². The normalized spacial score (nSPS) is 36.4. The van der Waals surface area contributed by atoms with Crippen LogP contribution in [0.4, 0.5) is 0 Å². The topological polar surface area (TPSA) is 0 Å². The van der Waals surface area contributed by atoms with Crippen LogP contribution in [0.2, 0.25) is 13.1 Å². The van der Waals surface area contributed by atoms with Crippen molar-refractivity contribution in [3.8, 4) is 0 Å². The third kappa shape index (κ3) is 1.56. The first-order valence-corrected chi connectivity index (χ1v) is 9.62. The van der Waals surface area contributed by atoms with E-state index in [0.717, 1.165) is 0 Å². The molecular weight excluding hydrogens is 267 g/mol. The van der Waals surface area contributed by atoms with Gasteiger partial charge in [-0.25, -0.2) is 0 Å². The number of hydrogen-bond acceptors (Lipinski definition) is 0. The van der Waals surface area contributed by atoms with E-state index in [9.17, 15) is 0 Å². The molecule has 0 saturated carbocycles. The molecule has 0 spiro atoms. The maximum atomic E-state index is 6.91. The van der Waals surface area contributed by atoms with Gasteiger partial charge in [0.2, 0.25) is 0 Å². The van der Waals surface area contributed by atoms with E-state index in [4.69, 9.17) is 23.2 Å². The van der Waals surface area contributed by atoms with E-state index < -0.39 is 8.07 Å². The van der Waals surface area contributed by atoms with Gasteiger partial charge in [0.05, 0.1) is 8.99 Å². The maximum absolute atomic E-state index is 6.91. The lowest BCUT2D eigenvalue weighted by atomic mass is 10.2. The van der Waals surface area contributed by atoms with Crippen molar-refractivity contribution in [1.29, 1.82) is 0 Å². The zero-order chi connectivity index (χ0) is 12.9. The second-order valence-electron chi connectivity index (χ2n) is 5.47. The summed E-state index contributed by atoms with van der Waals surface area (Å²) in [6.45, 7) is 8.74. The van der Waals surface area contributed by atoms with Gasteiger partial charge in [0, 0.05) is 0 Å². The van der Waals surface area contributed by atoms with Crippen LogP contribution < -0.4 is 0 Å². The first-order valence-electron chi connectivity index (χ1n) is 5.87. The molecule has 0 aromatic rings. The van der Waals surface area contributed by atoms with Gasteiger partial charge < -0.3 is 0 Å². The molecule has 92 valence electrons. The van der Waals surface area contributed by atoms with Crippen molar-refractivity contribution in [3.63, 3.8) is 0 Å². The molecule has 0 fully saturated rings. The molecule has 0 N–H and O–H groups in total. The highest BCUT2D eigenvalue weighted by Gasteiger charge is 2.58. The minimum atomic E-state index is -1.99. The monoisotopic (exact) mass is 284 g/mol. The molecule has 0 heterocycles. The molecule has 0 aromatic heterocycles. The predicted molar refractivity (Wildman–Crippen MR) is 80.4 cm³/mol. The van der Waals surface area contributed by atoms with E-state index in [-0.39, 0.29) is 8.99 Å². The first kappa shape index (κ1) is 13.2. The molecule has 2 rings (SSSR count). The highest BCUT2D eigenvalue weighted by Crippen LogP contribution is 2.51. The Morgan fingerprint density at radius 1 is 0.882 bits per heavy atom. The minimum absolute atomic E-state index is 0.376. The second-order valence-corrected chi connectivity index (χ2v) is 12.1. The fourth-order valence-electron chi connectivity index (χ4n) is 2.82. The lowest BCUT2D eigenvalue weighted by molar-refractivity contribution is 0.978. The summed E-state index contributed by atoms with van der Waals surface area (Å²) < 4.78 is -0.753. The molecule has 17 heavy (non-hydrogen) atoms. The van der Waals surface area contributed by atoms with Crippen LogP contribution in [-0.2, 0) is 0 Å². The van der Waals surface area contributed by atoms with Gasteiger partial charge in [-0.1, -0.05) is 60.7 Å². The van der Waals surface area contributed by atoms with Crippen molar-refractivity contribution in [2.24, 2.45) is 0 Å². The fourth-order valence-corrected chi connectivity index (χ4v) is 7.83. The molecular formula is C14H18Cl2Si. The lowest BCUT2D eigenvalue weighted by Gasteiger charge is -2.47. The summed E-state index contributed by atoms with van der Waals surface area (Å²) in [4.78, 5) is 0. The molecule has 0 bridgehead atoms. The molecule has 2 unspecified atom stereocenters. The molecule has 2 aliphatic carbocycles. The van der Waals surface area contributed by atoms with Crippen LogP contribution >= 0.6 is 23.2 Å². The SMILES string of the molecule is CC1=CC=CC1(Cl)[Si](C)(C)C1(Cl)C=CC=C1C. The number of rotatable bonds is 2. The molecule has 2 atom stereocenters. The van der Waals surface area contributed by atoms with Crippen LogP contribution in [0.25, 0.3) is 0 Å². The van der Waals surface area contributed by atoms with Gasteiger partial charge in [-0.3, -0.25) is 0 Å². The Hall–Kier alpha value is -0.243. The number of allylic oxidation sites excluding steroid dienone is 8.